The molecule has 0 fully saturated rings. The molecule has 0 aliphatic rings. The summed E-state index contributed by atoms with van der Waals surface area (Å²) in [4.78, 5) is 4.24. The lowest BCUT2D eigenvalue weighted by Gasteiger charge is -2.12. The van der Waals surface area contributed by atoms with Crippen LogP contribution in [0.15, 0.2) is 10.9 Å². The van der Waals surface area contributed by atoms with E-state index in [4.69, 9.17) is 0 Å². The van der Waals surface area contributed by atoms with Crippen molar-refractivity contribution >= 4 is 15.9 Å². The van der Waals surface area contributed by atoms with Crippen LogP contribution in [-0.4, -0.2) is 9.55 Å². The molecule has 68 valence electrons. The van der Waals surface area contributed by atoms with Crippen LogP contribution < -0.4 is 0 Å². The molecule has 0 aliphatic heterocycles. The van der Waals surface area contributed by atoms with Crippen molar-refractivity contribution in [2.45, 2.75) is 39.7 Å². The summed E-state index contributed by atoms with van der Waals surface area (Å²) < 4.78 is 3.17. The van der Waals surface area contributed by atoms with Gasteiger partial charge in [-0.15, -0.1) is 0 Å². The summed E-state index contributed by atoms with van der Waals surface area (Å²) in [6.07, 6.45) is 4.23. The van der Waals surface area contributed by atoms with E-state index in [0.717, 1.165) is 11.2 Å². The minimum atomic E-state index is 0.489. The fraction of sp³-hybridized carbons (Fsp3) is 0.667. The monoisotopic (exact) mass is 230 g/mol. The first-order valence-electron chi connectivity index (χ1n) is 4.38. The summed E-state index contributed by atoms with van der Waals surface area (Å²) in [5.41, 5.74) is 1.32. The Kier molecular flexibility index (Phi) is 3.32. The molecule has 12 heavy (non-hydrogen) atoms. The number of hydrogen-bond acceptors (Lipinski definition) is 1. The summed E-state index contributed by atoms with van der Waals surface area (Å²) in [6, 6.07) is 0.489. The second-order valence-corrected chi connectivity index (χ2v) is 3.94. The Bertz CT molecular complexity index is 253. The Morgan fingerprint density at radius 1 is 1.58 bits per heavy atom. The van der Waals surface area contributed by atoms with Crippen molar-refractivity contribution in [1.29, 1.82) is 0 Å². The topological polar surface area (TPSA) is 17.8 Å². The third-order valence-electron chi connectivity index (χ3n) is 1.85. The van der Waals surface area contributed by atoms with Crippen LogP contribution >= 0.6 is 15.9 Å². The fourth-order valence-corrected chi connectivity index (χ4v) is 2.10. The molecule has 2 nitrogen and oxygen atoms in total. The molecular weight excluding hydrogens is 216 g/mol. The van der Waals surface area contributed by atoms with E-state index in [1.807, 2.05) is 6.20 Å². The van der Waals surface area contributed by atoms with Crippen molar-refractivity contribution in [3.05, 3.63) is 16.6 Å². The lowest BCUT2D eigenvalue weighted by Crippen LogP contribution is -2.05. The van der Waals surface area contributed by atoms with Crippen molar-refractivity contribution in [2.75, 3.05) is 0 Å². The number of aryl methyl sites for hydroxylation is 1. The Morgan fingerprint density at radius 3 is 2.75 bits per heavy atom. The van der Waals surface area contributed by atoms with Crippen molar-refractivity contribution in [2.24, 2.45) is 0 Å². The van der Waals surface area contributed by atoms with E-state index in [-0.39, 0.29) is 0 Å². The molecule has 0 N–H and O–H groups in total. The van der Waals surface area contributed by atoms with Gasteiger partial charge in [-0.05, 0) is 36.2 Å². The van der Waals surface area contributed by atoms with E-state index >= 15 is 0 Å². The Morgan fingerprint density at radius 2 is 2.25 bits per heavy atom. The highest BCUT2D eigenvalue weighted by Crippen LogP contribution is 2.18. The molecule has 0 atom stereocenters. The van der Waals surface area contributed by atoms with Crippen LogP contribution in [0, 0.1) is 0 Å². The maximum absolute atomic E-state index is 4.24. The van der Waals surface area contributed by atoms with Gasteiger partial charge in [0.15, 0.2) is 4.73 Å². The smallest absolute Gasteiger partial charge is 0.177 e. The molecule has 0 saturated heterocycles. The summed E-state index contributed by atoms with van der Waals surface area (Å²) >= 11 is 3.44. The Labute approximate surface area is 82.1 Å². The first-order chi connectivity index (χ1) is 5.66. The van der Waals surface area contributed by atoms with E-state index in [2.05, 4.69) is 46.3 Å². The largest absolute Gasteiger partial charge is 0.320 e. The third-order valence-corrected chi connectivity index (χ3v) is 2.44. The van der Waals surface area contributed by atoms with Crippen LogP contribution in [0.4, 0.5) is 0 Å². The van der Waals surface area contributed by atoms with Gasteiger partial charge in [-0.25, -0.2) is 4.98 Å². The molecule has 0 unspecified atom stereocenters. The SMILES string of the molecule is CCCc1cnc(Br)n1C(C)C. The molecule has 0 bridgehead atoms. The van der Waals surface area contributed by atoms with Crippen LogP contribution in [0.25, 0.3) is 0 Å². The summed E-state index contributed by atoms with van der Waals surface area (Å²) in [6.45, 7) is 6.53. The average molecular weight is 231 g/mol. The van der Waals surface area contributed by atoms with Gasteiger partial charge in [0.05, 0.1) is 0 Å². The predicted molar refractivity (Wildman–Crippen MR) is 54.3 cm³/mol. The first kappa shape index (κ1) is 9.78. The standard InChI is InChI=1S/C9H15BrN2/c1-4-5-8-6-11-9(10)12(8)7(2)3/h6-7H,4-5H2,1-3H3. The van der Waals surface area contributed by atoms with Crippen LogP contribution in [0.2, 0.25) is 0 Å². The van der Waals surface area contributed by atoms with E-state index in [0.29, 0.717) is 6.04 Å². The van der Waals surface area contributed by atoms with Crippen LogP contribution in [0.5, 0.6) is 0 Å². The number of imidazole rings is 1. The van der Waals surface area contributed by atoms with Gasteiger partial charge >= 0.3 is 0 Å². The summed E-state index contributed by atoms with van der Waals surface area (Å²) in [5, 5.41) is 0. The summed E-state index contributed by atoms with van der Waals surface area (Å²) in [5.74, 6) is 0. The number of aromatic nitrogens is 2. The highest BCUT2D eigenvalue weighted by Gasteiger charge is 2.08. The molecule has 3 heteroatoms. The average Bonchev–Trinajstić information content (AvgIpc) is 2.32. The molecule has 1 rings (SSSR count). The first-order valence-corrected chi connectivity index (χ1v) is 5.17. The van der Waals surface area contributed by atoms with Gasteiger partial charge in [0, 0.05) is 17.9 Å². The lowest BCUT2D eigenvalue weighted by atomic mass is 10.2. The van der Waals surface area contributed by atoms with Crippen LogP contribution in [-0.2, 0) is 6.42 Å². The lowest BCUT2D eigenvalue weighted by molar-refractivity contribution is 0.559. The van der Waals surface area contributed by atoms with E-state index in [1.165, 1.54) is 12.1 Å². The zero-order chi connectivity index (χ0) is 9.14. The van der Waals surface area contributed by atoms with Crippen LogP contribution in [0.3, 0.4) is 0 Å². The second-order valence-electron chi connectivity index (χ2n) is 3.23. The number of rotatable bonds is 3. The molecule has 1 aromatic heterocycles. The van der Waals surface area contributed by atoms with Crippen LogP contribution in [0.1, 0.15) is 38.9 Å². The third kappa shape index (κ3) is 1.89. The van der Waals surface area contributed by atoms with Crippen molar-refractivity contribution < 1.29 is 0 Å². The van der Waals surface area contributed by atoms with E-state index in [9.17, 15) is 0 Å². The highest BCUT2D eigenvalue weighted by atomic mass is 79.9. The molecule has 0 aromatic carbocycles. The van der Waals surface area contributed by atoms with Gasteiger partial charge < -0.3 is 4.57 Å². The second kappa shape index (κ2) is 4.08. The fourth-order valence-electron chi connectivity index (χ4n) is 1.36. The minimum Gasteiger partial charge on any atom is -0.320 e. The maximum Gasteiger partial charge on any atom is 0.177 e. The highest BCUT2D eigenvalue weighted by molar-refractivity contribution is 9.10. The normalized spacial score (nSPS) is 11.1. The van der Waals surface area contributed by atoms with Gasteiger partial charge in [0.2, 0.25) is 0 Å². The number of halogens is 1. The molecule has 0 saturated carbocycles. The molecule has 1 aromatic rings. The zero-order valence-corrected chi connectivity index (χ0v) is 9.43. The van der Waals surface area contributed by atoms with Gasteiger partial charge in [-0.2, -0.15) is 0 Å². The zero-order valence-electron chi connectivity index (χ0n) is 7.84. The Hall–Kier alpha value is -0.310. The van der Waals surface area contributed by atoms with Gasteiger partial charge in [0.25, 0.3) is 0 Å². The molecule has 0 radical (unpaired) electrons. The molecule has 0 amide bonds. The number of nitrogens with zero attached hydrogens (tertiary/aromatic N) is 2. The molecule has 0 spiro atoms. The molecular formula is C9H15BrN2. The summed E-state index contributed by atoms with van der Waals surface area (Å²) in [7, 11) is 0. The van der Waals surface area contributed by atoms with Gasteiger partial charge in [-0.3, -0.25) is 0 Å². The minimum absolute atomic E-state index is 0.489. The molecule has 0 aliphatic carbocycles. The van der Waals surface area contributed by atoms with E-state index in [1.54, 1.807) is 0 Å². The van der Waals surface area contributed by atoms with Gasteiger partial charge in [0.1, 0.15) is 0 Å². The van der Waals surface area contributed by atoms with Crippen molar-refractivity contribution in [3.63, 3.8) is 0 Å². The van der Waals surface area contributed by atoms with Gasteiger partial charge in [-0.1, -0.05) is 13.3 Å². The predicted octanol–water partition coefficient (Wildman–Crippen LogP) is 3.18. The maximum atomic E-state index is 4.24. The van der Waals surface area contributed by atoms with Crippen molar-refractivity contribution in [3.8, 4) is 0 Å². The molecule has 1 heterocycles. The van der Waals surface area contributed by atoms with Crippen molar-refractivity contribution in [1.82, 2.24) is 9.55 Å². The Balaban J connectivity index is 2.95. The quantitative estimate of drug-likeness (QED) is 0.781. The number of hydrogen-bond donors (Lipinski definition) is 0. The van der Waals surface area contributed by atoms with E-state index < -0.39 is 0 Å².